The second kappa shape index (κ2) is 4.74. The van der Waals surface area contributed by atoms with E-state index in [1.165, 1.54) is 32.1 Å². The second-order valence-corrected chi connectivity index (χ2v) is 5.81. The van der Waals surface area contributed by atoms with E-state index in [9.17, 15) is 9.90 Å². The summed E-state index contributed by atoms with van der Waals surface area (Å²) in [6.07, 6.45) is 6.51. The minimum Gasteiger partial charge on any atom is -0.481 e. The zero-order valence-corrected chi connectivity index (χ0v) is 9.93. The van der Waals surface area contributed by atoms with E-state index in [1.54, 1.807) is 6.92 Å². The van der Waals surface area contributed by atoms with Crippen molar-refractivity contribution >= 4 is 5.97 Å². The fourth-order valence-corrected chi connectivity index (χ4v) is 3.55. The van der Waals surface area contributed by atoms with Crippen LogP contribution in [-0.4, -0.2) is 22.3 Å². The molecule has 2 fully saturated rings. The van der Waals surface area contributed by atoms with Gasteiger partial charge in [0.05, 0.1) is 12.0 Å². The lowest BCUT2D eigenvalue weighted by atomic mass is 9.77. The normalized spacial score (nSPS) is 37.0. The van der Waals surface area contributed by atoms with Crippen LogP contribution in [-0.2, 0) is 4.79 Å². The Hall–Kier alpha value is -0.570. The van der Waals surface area contributed by atoms with Gasteiger partial charge in [-0.1, -0.05) is 12.8 Å². The molecule has 3 heteroatoms. The topological polar surface area (TPSA) is 57.5 Å². The molecule has 16 heavy (non-hydrogen) atoms. The molecule has 0 aliphatic heterocycles. The van der Waals surface area contributed by atoms with Gasteiger partial charge in [-0.05, 0) is 50.4 Å². The Morgan fingerprint density at radius 1 is 1.25 bits per heavy atom. The lowest BCUT2D eigenvalue weighted by Crippen LogP contribution is -2.29. The minimum absolute atomic E-state index is 0.558. The molecule has 0 aromatic heterocycles. The molecule has 0 aromatic carbocycles. The van der Waals surface area contributed by atoms with Gasteiger partial charge in [-0.15, -0.1) is 0 Å². The third-order valence-electron chi connectivity index (χ3n) is 4.52. The van der Waals surface area contributed by atoms with Gasteiger partial charge in [-0.3, -0.25) is 4.79 Å². The maximum atomic E-state index is 10.8. The van der Waals surface area contributed by atoms with E-state index in [1.807, 2.05) is 0 Å². The highest BCUT2D eigenvalue weighted by molar-refractivity contribution is 5.70. The highest BCUT2D eigenvalue weighted by atomic mass is 16.4. The summed E-state index contributed by atoms with van der Waals surface area (Å²) in [4.78, 5) is 10.8. The number of carbonyl (C=O) groups is 1. The number of aliphatic hydroxyl groups is 1. The van der Waals surface area contributed by atoms with Crippen molar-refractivity contribution in [2.75, 3.05) is 0 Å². The molecular weight excluding hydrogens is 204 g/mol. The third-order valence-corrected chi connectivity index (χ3v) is 4.52. The summed E-state index contributed by atoms with van der Waals surface area (Å²) in [5.41, 5.74) is 0. The van der Waals surface area contributed by atoms with Crippen LogP contribution >= 0.6 is 0 Å². The van der Waals surface area contributed by atoms with E-state index in [2.05, 4.69) is 0 Å². The monoisotopic (exact) mass is 226 g/mol. The maximum absolute atomic E-state index is 10.8. The van der Waals surface area contributed by atoms with E-state index in [0.29, 0.717) is 12.3 Å². The first kappa shape index (κ1) is 11.9. The van der Waals surface area contributed by atoms with Crippen molar-refractivity contribution in [2.24, 2.45) is 23.7 Å². The Balaban J connectivity index is 1.83. The minimum atomic E-state index is -0.883. The number of carboxylic acids is 1. The van der Waals surface area contributed by atoms with Crippen LogP contribution in [0.25, 0.3) is 0 Å². The van der Waals surface area contributed by atoms with E-state index in [-0.39, 0.29) is 0 Å². The number of hydrogen-bond acceptors (Lipinski definition) is 2. The van der Waals surface area contributed by atoms with Gasteiger partial charge in [-0.2, -0.15) is 0 Å². The molecule has 92 valence electrons. The molecule has 3 nitrogen and oxygen atoms in total. The van der Waals surface area contributed by atoms with Crippen molar-refractivity contribution in [3.63, 3.8) is 0 Å². The fourth-order valence-electron chi connectivity index (χ4n) is 3.55. The number of hydrogen-bond donors (Lipinski definition) is 2. The van der Waals surface area contributed by atoms with Crippen molar-refractivity contribution in [3.05, 3.63) is 0 Å². The molecule has 2 N–H and O–H groups in total. The predicted octanol–water partition coefficient (Wildman–Crippen LogP) is 2.28. The number of carboxylic acid groups (broad SMARTS) is 1. The molecule has 2 rings (SSSR count). The van der Waals surface area contributed by atoms with Crippen LogP contribution in [0.5, 0.6) is 0 Å². The van der Waals surface area contributed by atoms with E-state index in [0.717, 1.165) is 11.8 Å². The Bertz CT molecular complexity index is 252. The number of aliphatic carboxylic acids is 1. The standard InChI is InChI=1S/C13H22O3/c1-8(13(15)16)12(14)7-11-5-9-2-3-10(4-9)6-11/h8-12,14H,2-7H2,1H3,(H,15,16)/t8-,9-,10+,11?,12-/m1/s1. The summed E-state index contributed by atoms with van der Waals surface area (Å²) < 4.78 is 0. The molecule has 0 spiro atoms. The summed E-state index contributed by atoms with van der Waals surface area (Å²) in [5.74, 6) is 0.765. The molecule has 0 saturated heterocycles. The Kier molecular flexibility index (Phi) is 3.53. The molecule has 0 heterocycles. The van der Waals surface area contributed by atoms with Gasteiger partial charge in [0.2, 0.25) is 0 Å². The van der Waals surface area contributed by atoms with Gasteiger partial charge in [0.1, 0.15) is 0 Å². The zero-order chi connectivity index (χ0) is 11.7. The molecule has 0 amide bonds. The third kappa shape index (κ3) is 2.57. The number of fused-ring (bicyclic) bond motifs is 2. The van der Waals surface area contributed by atoms with Crippen LogP contribution in [0, 0.1) is 23.7 Å². The lowest BCUT2D eigenvalue weighted by Gasteiger charge is -2.30. The van der Waals surface area contributed by atoms with Gasteiger partial charge < -0.3 is 10.2 Å². The molecule has 2 aliphatic rings. The second-order valence-electron chi connectivity index (χ2n) is 5.81. The maximum Gasteiger partial charge on any atom is 0.308 e. The van der Waals surface area contributed by atoms with Gasteiger partial charge >= 0.3 is 5.97 Å². The molecule has 0 radical (unpaired) electrons. The van der Waals surface area contributed by atoms with Crippen LogP contribution in [0.15, 0.2) is 0 Å². The van der Waals surface area contributed by atoms with Crippen LogP contribution in [0.3, 0.4) is 0 Å². The van der Waals surface area contributed by atoms with Gasteiger partial charge in [-0.25, -0.2) is 0 Å². The van der Waals surface area contributed by atoms with Crippen molar-refractivity contribution in [2.45, 2.75) is 51.6 Å². The highest BCUT2D eigenvalue weighted by Crippen LogP contribution is 2.46. The molecule has 0 aromatic rings. The highest BCUT2D eigenvalue weighted by Gasteiger charge is 2.35. The number of rotatable bonds is 4. The van der Waals surface area contributed by atoms with Crippen LogP contribution in [0.4, 0.5) is 0 Å². The SMILES string of the molecule is C[C@@H](C(=O)O)[C@H](O)CC1C[C@H]2CC[C@@H](C1)C2. The smallest absolute Gasteiger partial charge is 0.308 e. The molecule has 5 atom stereocenters. The lowest BCUT2D eigenvalue weighted by molar-refractivity contribution is -0.145. The van der Waals surface area contributed by atoms with Crippen molar-refractivity contribution in [1.29, 1.82) is 0 Å². The van der Waals surface area contributed by atoms with Crippen molar-refractivity contribution < 1.29 is 15.0 Å². The van der Waals surface area contributed by atoms with Gasteiger partial charge in [0.25, 0.3) is 0 Å². The molecular formula is C13H22O3. The Morgan fingerprint density at radius 3 is 2.31 bits per heavy atom. The Labute approximate surface area is 96.9 Å². The first-order valence-electron chi connectivity index (χ1n) is 6.47. The first-order valence-corrected chi connectivity index (χ1v) is 6.47. The Morgan fingerprint density at radius 2 is 1.81 bits per heavy atom. The zero-order valence-electron chi connectivity index (χ0n) is 9.93. The molecule has 2 aliphatic carbocycles. The predicted molar refractivity (Wildman–Crippen MR) is 61.0 cm³/mol. The summed E-state index contributed by atoms with van der Waals surface area (Å²) >= 11 is 0. The average Bonchev–Trinajstić information content (AvgIpc) is 2.56. The summed E-state index contributed by atoms with van der Waals surface area (Å²) in [5, 5.41) is 18.7. The van der Waals surface area contributed by atoms with Crippen LogP contribution in [0.1, 0.15) is 45.4 Å². The van der Waals surface area contributed by atoms with E-state index in [4.69, 9.17) is 5.11 Å². The molecule has 2 saturated carbocycles. The van der Waals surface area contributed by atoms with Crippen molar-refractivity contribution in [3.8, 4) is 0 Å². The summed E-state index contributed by atoms with van der Waals surface area (Å²) in [6.45, 7) is 1.60. The quantitative estimate of drug-likeness (QED) is 0.773. The average molecular weight is 226 g/mol. The van der Waals surface area contributed by atoms with Gasteiger partial charge in [0, 0.05) is 0 Å². The summed E-state index contributed by atoms with van der Waals surface area (Å²) in [6, 6.07) is 0. The molecule has 1 unspecified atom stereocenters. The first-order chi connectivity index (χ1) is 7.56. The van der Waals surface area contributed by atoms with Crippen LogP contribution in [0.2, 0.25) is 0 Å². The van der Waals surface area contributed by atoms with E-state index >= 15 is 0 Å². The summed E-state index contributed by atoms with van der Waals surface area (Å²) in [7, 11) is 0. The van der Waals surface area contributed by atoms with Gasteiger partial charge in [0.15, 0.2) is 0 Å². The van der Waals surface area contributed by atoms with Crippen molar-refractivity contribution in [1.82, 2.24) is 0 Å². The molecule has 2 bridgehead atoms. The van der Waals surface area contributed by atoms with Crippen LogP contribution < -0.4 is 0 Å². The largest absolute Gasteiger partial charge is 0.481 e. The van der Waals surface area contributed by atoms with E-state index < -0.39 is 18.0 Å². The number of aliphatic hydroxyl groups excluding tert-OH is 1. The fraction of sp³-hybridized carbons (Fsp3) is 0.923.